The summed E-state index contributed by atoms with van der Waals surface area (Å²) in [5.74, 6) is 1.56. The highest BCUT2D eigenvalue weighted by Crippen LogP contribution is 2.41. The van der Waals surface area contributed by atoms with Crippen molar-refractivity contribution >= 4 is 17.5 Å². The molecule has 1 atom stereocenters. The van der Waals surface area contributed by atoms with Crippen LogP contribution in [-0.4, -0.2) is 56.5 Å². The molecule has 5 rings (SSSR count). The van der Waals surface area contributed by atoms with Crippen LogP contribution in [0.2, 0.25) is 0 Å². The van der Waals surface area contributed by atoms with Crippen molar-refractivity contribution in [2.75, 3.05) is 37.4 Å². The zero-order valence-corrected chi connectivity index (χ0v) is 20.1. The number of rotatable bonds is 5. The lowest BCUT2D eigenvalue weighted by molar-refractivity contribution is 0.219. The minimum Gasteiger partial charge on any atom is -0.395 e. The summed E-state index contributed by atoms with van der Waals surface area (Å²) >= 11 is 0. The number of nitriles is 1. The van der Waals surface area contributed by atoms with Crippen molar-refractivity contribution in [3.8, 4) is 17.3 Å². The third kappa shape index (κ3) is 3.69. The van der Waals surface area contributed by atoms with E-state index >= 15 is 0 Å². The normalized spacial score (nSPS) is 19.4. The number of aliphatic hydroxyl groups excluding tert-OH is 1. The van der Waals surface area contributed by atoms with Crippen molar-refractivity contribution in [3.05, 3.63) is 46.8 Å². The van der Waals surface area contributed by atoms with E-state index in [1.165, 1.54) is 11.3 Å². The molecule has 3 N–H and O–H groups in total. The fraction of sp³-hybridized carbons (Fsp3) is 0.440. The Labute approximate surface area is 199 Å². The Hall–Kier alpha value is -3.48. The molecule has 3 aromatic rings. The maximum absolute atomic E-state index is 9.99. The molecule has 9 nitrogen and oxygen atoms in total. The molecule has 0 amide bonds. The van der Waals surface area contributed by atoms with Gasteiger partial charge in [0.25, 0.3) is 0 Å². The Morgan fingerprint density at radius 2 is 2.15 bits per heavy atom. The van der Waals surface area contributed by atoms with Crippen molar-refractivity contribution in [2.24, 2.45) is 0 Å². The first kappa shape index (κ1) is 22.3. The van der Waals surface area contributed by atoms with E-state index < -0.39 is 5.41 Å². The van der Waals surface area contributed by atoms with Crippen molar-refractivity contribution in [3.63, 3.8) is 0 Å². The summed E-state index contributed by atoms with van der Waals surface area (Å²) in [6, 6.07) is 7.98. The molecular weight excluding hydrogens is 428 g/mol. The number of nitrogens with one attached hydrogen (secondary N) is 2. The summed E-state index contributed by atoms with van der Waals surface area (Å²) in [6.45, 7) is 9.63. The zero-order chi connectivity index (χ0) is 24.0. The zero-order valence-electron chi connectivity index (χ0n) is 20.1. The van der Waals surface area contributed by atoms with Gasteiger partial charge in [0, 0.05) is 42.4 Å². The van der Waals surface area contributed by atoms with Gasteiger partial charge in [-0.1, -0.05) is 20.8 Å². The highest BCUT2D eigenvalue weighted by Gasteiger charge is 2.36. The summed E-state index contributed by atoms with van der Waals surface area (Å²) < 4.78 is 2.09. The van der Waals surface area contributed by atoms with Gasteiger partial charge in [0.1, 0.15) is 6.07 Å². The number of anilines is 3. The Bertz CT molecular complexity index is 1290. The summed E-state index contributed by atoms with van der Waals surface area (Å²) in [5.41, 5.74) is 5.78. The molecule has 1 aromatic carbocycles. The van der Waals surface area contributed by atoms with E-state index in [4.69, 9.17) is 10.1 Å². The maximum Gasteiger partial charge on any atom is 0.228 e. The Morgan fingerprint density at radius 1 is 1.32 bits per heavy atom. The molecule has 0 unspecified atom stereocenters. The lowest BCUT2D eigenvalue weighted by Crippen LogP contribution is -2.31. The van der Waals surface area contributed by atoms with E-state index in [1.54, 1.807) is 6.20 Å². The molecule has 0 fully saturated rings. The first-order chi connectivity index (χ1) is 16.3. The smallest absolute Gasteiger partial charge is 0.228 e. The Balaban J connectivity index is 1.52. The number of aliphatic hydroxyl groups is 1. The van der Waals surface area contributed by atoms with Crippen LogP contribution in [0.15, 0.2) is 24.4 Å². The lowest BCUT2D eigenvalue weighted by atomic mass is 9.83. The highest BCUT2D eigenvalue weighted by atomic mass is 16.3. The number of aromatic nitrogens is 4. The van der Waals surface area contributed by atoms with Crippen LogP contribution in [0.3, 0.4) is 0 Å². The van der Waals surface area contributed by atoms with Gasteiger partial charge in [-0.2, -0.15) is 10.4 Å². The van der Waals surface area contributed by atoms with Gasteiger partial charge in [-0.3, -0.25) is 9.58 Å². The average molecular weight is 459 g/mol. The third-order valence-corrected chi connectivity index (χ3v) is 6.88. The van der Waals surface area contributed by atoms with Crippen molar-refractivity contribution < 1.29 is 5.11 Å². The van der Waals surface area contributed by atoms with Crippen LogP contribution in [0.5, 0.6) is 0 Å². The lowest BCUT2D eigenvalue weighted by Gasteiger charge is -2.24. The molecule has 0 saturated heterocycles. The molecule has 4 heterocycles. The molecule has 0 bridgehead atoms. The summed E-state index contributed by atoms with van der Waals surface area (Å²) in [6.07, 6.45) is 1.71. The van der Waals surface area contributed by atoms with Crippen LogP contribution < -0.4 is 10.6 Å². The van der Waals surface area contributed by atoms with E-state index in [1.807, 2.05) is 25.1 Å². The monoisotopic (exact) mass is 458 g/mol. The molecule has 9 heteroatoms. The summed E-state index contributed by atoms with van der Waals surface area (Å²) in [4.78, 5) is 11.5. The van der Waals surface area contributed by atoms with Gasteiger partial charge in [-0.05, 0) is 36.7 Å². The topological polar surface area (TPSA) is 115 Å². The van der Waals surface area contributed by atoms with Crippen molar-refractivity contribution in [1.82, 2.24) is 24.6 Å². The second-order valence-corrected chi connectivity index (χ2v) is 9.85. The van der Waals surface area contributed by atoms with Crippen LogP contribution in [0.25, 0.3) is 11.3 Å². The molecule has 176 valence electrons. The van der Waals surface area contributed by atoms with E-state index in [0.717, 1.165) is 42.3 Å². The van der Waals surface area contributed by atoms with Gasteiger partial charge in [-0.25, -0.2) is 9.97 Å². The van der Waals surface area contributed by atoms with Gasteiger partial charge in [0.05, 0.1) is 35.8 Å². The number of nitrogens with zero attached hydrogens (tertiary/aromatic N) is 6. The SMILES string of the molecule is CC(C)c1c(Nc2nccc(-c3cc(C#N)c4c(c3)[C@@](C)(CO)CN4)n2)nn2c1CN(C)CC2. The molecule has 2 aliphatic rings. The third-order valence-electron chi connectivity index (χ3n) is 6.88. The average Bonchev–Trinajstić information content (AvgIpc) is 3.36. The first-order valence-electron chi connectivity index (χ1n) is 11.6. The largest absolute Gasteiger partial charge is 0.395 e. The number of hydrogen-bond donors (Lipinski definition) is 3. The number of hydrogen-bond acceptors (Lipinski definition) is 8. The second-order valence-electron chi connectivity index (χ2n) is 9.85. The molecule has 2 aliphatic heterocycles. The van der Waals surface area contributed by atoms with Crippen LogP contribution in [0, 0.1) is 11.3 Å². The fourth-order valence-electron chi connectivity index (χ4n) is 4.91. The van der Waals surface area contributed by atoms with Gasteiger partial charge >= 0.3 is 0 Å². The van der Waals surface area contributed by atoms with Crippen molar-refractivity contribution in [1.29, 1.82) is 5.26 Å². The maximum atomic E-state index is 9.99. The quantitative estimate of drug-likeness (QED) is 0.534. The van der Waals surface area contributed by atoms with Gasteiger partial charge in [-0.15, -0.1) is 0 Å². The summed E-state index contributed by atoms with van der Waals surface area (Å²) in [7, 11) is 2.13. The number of benzene rings is 1. The second kappa shape index (κ2) is 8.38. The molecule has 0 radical (unpaired) electrons. The highest BCUT2D eigenvalue weighted by molar-refractivity contribution is 5.76. The molecule has 2 aromatic heterocycles. The van der Waals surface area contributed by atoms with Crippen molar-refractivity contribution in [2.45, 2.75) is 45.2 Å². The summed E-state index contributed by atoms with van der Waals surface area (Å²) in [5, 5.41) is 31.2. The molecule has 34 heavy (non-hydrogen) atoms. The predicted molar refractivity (Wildman–Crippen MR) is 131 cm³/mol. The molecule has 0 aliphatic carbocycles. The minimum absolute atomic E-state index is 0.00391. The molecule has 0 spiro atoms. The van der Waals surface area contributed by atoms with Crippen LogP contribution in [0.1, 0.15) is 49.1 Å². The Morgan fingerprint density at radius 3 is 2.88 bits per heavy atom. The first-order valence-corrected chi connectivity index (χ1v) is 11.6. The predicted octanol–water partition coefficient (Wildman–Crippen LogP) is 3.20. The molecule has 0 saturated carbocycles. The van der Waals surface area contributed by atoms with Crippen LogP contribution in [-0.2, 0) is 18.5 Å². The van der Waals surface area contributed by atoms with E-state index in [2.05, 4.69) is 52.2 Å². The van der Waals surface area contributed by atoms with E-state index in [0.29, 0.717) is 29.7 Å². The Kier molecular flexibility index (Phi) is 5.50. The number of fused-ring (bicyclic) bond motifs is 2. The van der Waals surface area contributed by atoms with Crippen LogP contribution >= 0.6 is 0 Å². The van der Waals surface area contributed by atoms with Gasteiger partial charge in [0.2, 0.25) is 5.95 Å². The number of likely N-dealkylation sites (N-methyl/N-ethyl adjacent to an activating group) is 1. The van der Waals surface area contributed by atoms with Crippen LogP contribution in [0.4, 0.5) is 17.5 Å². The van der Waals surface area contributed by atoms with E-state index in [-0.39, 0.29) is 6.61 Å². The molecular formula is C25H30N8O. The minimum atomic E-state index is -0.445. The van der Waals surface area contributed by atoms with E-state index in [9.17, 15) is 10.4 Å². The fourth-order valence-corrected chi connectivity index (χ4v) is 4.91. The van der Waals surface area contributed by atoms with Gasteiger partial charge < -0.3 is 15.7 Å². The van der Waals surface area contributed by atoms with Gasteiger partial charge in [0.15, 0.2) is 5.82 Å². The standard InChI is InChI=1S/C25H30N8O/c1-15(2)21-20-12-32(4)7-8-33(20)31-23(21)30-24-27-6-5-19(29-24)16-9-17(11-26)22-18(10-16)25(3,14-34)13-28-22/h5-6,9-10,15,28,34H,7-8,12-14H2,1-4H3,(H,27,29,30,31)/t25-/m1/s1.